The van der Waals surface area contributed by atoms with E-state index in [4.69, 9.17) is 10.00 Å². The van der Waals surface area contributed by atoms with Crippen LogP contribution in [0.4, 0.5) is 11.5 Å². The molecule has 3 rings (SSSR count). The number of thioether (sulfide) groups is 1. The van der Waals surface area contributed by atoms with Gasteiger partial charge in [-0.2, -0.15) is 5.26 Å². The zero-order valence-corrected chi connectivity index (χ0v) is 14.4. The van der Waals surface area contributed by atoms with Crippen LogP contribution in [0.3, 0.4) is 0 Å². The third-order valence-electron chi connectivity index (χ3n) is 3.93. The summed E-state index contributed by atoms with van der Waals surface area (Å²) in [5.41, 5.74) is 1.12. The number of methoxy groups -OCH3 is 1. The number of ether oxygens (including phenoxy) is 1. The van der Waals surface area contributed by atoms with Crippen molar-refractivity contribution in [1.82, 2.24) is 9.97 Å². The van der Waals surface area contributed by atoms with Gasteiger partial charge in [-0.15, -0.1) is 0 Å². The Morgan fingerprint density at radius 1 is 1.12 bits per heavy atom. The van der Waals surface area contributed by atoms with Gasteiger partial charge in [-0.05, 0) is 12.1 Å². The summed E-state index contributed by atoms with van der Waals surface area (Å²) >= 11 is 1.43. The minimum absolute atomic E-state index is 0.382. The number of nitriles is 1. The monoisotopic (exact) mass is 341 g/mol. The van der Waals surface area contributed by atoms with Gasteiger partial charge in [0.1, 0.15) is 10.8 Å². The molecule has 1 aliphatic rings. The van der Waals surface area contributed by atoms with Crippen LogP contribution in [0.5, 0.6) is 5.75 Å². The summed E-state index contributed by atoms with van der Waals surface area (Å²) in [5.74, 6) is 2.15. The standard InChI is InChI=1S/C17H19N5OS/c1-23-15-5-3-2-4-14(15)21-9-11-22(12-10-21)16-17(24-13-6-18)20-8-7-19-16/h2-5,7-8H,9-13H2,1H3. The highest BCUT2D eigenvalue weighted by molar-refractivity contribution is 7.99. The van der Waals surface area contributed by atoms with Gasteiger partial charge >= 0.3 is 0 Å². The van der Waals surface area contributed by atoms with Crippen molar-refractivity contribution in [3.05, 3.63) is 36.7 Å². The predicted molar refractivity (Wildman–Crippen MR) is 95.8 cm³/mol. The number of rotatable bonds is 5. The number of hydrogen-bond donors (Lipinski definition) is 0. The molecule has 1 aliphatic heterocycles. The van der Waals surface area contributed by atoms with Gasteiger partial charge in [0.25, 0.3) is 0 Å². The van der Waals surface area contributed by atoms with E-state index in [-0.39, 0.29) is 0 Å². The van der Waals surface area contributed by atoms with Gasteiger partial charge < -0.3 is 14.5 Å². The lowest BCUT2D eigenvalue weighted by Crippen LogP contribution is -2.47. The first-order valence-electron chi connectivity index (χ1n) is 7.77. The van der Waals surface area contributed by atoms with Crippen LogP contribution < -0.4 is 14.5 Å². The number of nitrogens with zero attached hydrogens (tertiary/aromatic N) is 5. The molecule has 2 aromatic rings. The highest BCUT2D eigenvalue weighted by atomic mass is 32.2. The van der Waals surface area contributed by atoms with Crippen molar-refractivity contribution < 1.29 is 4.74 Å². The number of para-hydroxylation sites is 2. The third-order valence-corrected chi connectivity index (χ3v) is 4.76. The lowest BCUT2D eigenvalue weighted by molar-refractivity contribution is 0.413. The van der Waals surface area contributed by atoms with Crippen LogP contribution in [0.2, 0.25) is 0 Å². The molecule has 124 valence electrons. The fraction of sp³-hybridized carbons (Fsp3) is 0.353. The minimum atomic E-state index is 0.382. The van der Waals surface area contributed by atoms with Crippen LogP contribution in [-0.4, -0.2) is 49.0 Å². The van der Waals surface area contributed by atoms with Crippen LogP contribution in [0, 0.1) is 11.3 Å². The van der Waals surface area contributed by atoms with Crippen molar-refractivity contribution in [2.75, 3.05) is 48.8 Å². The maximum Gasteiger partial charge on any atom is 0.161 e. The Labute approximate surface area is 146 Å². The van der Waals surface area contributed by atoms with Crippen LogP contribution in [0.25, 0.3) is 0 Å². The van der Waals surface area contributed by atoms with E-state index in [2.05, 4.69) is 31.9 Å². The first-order chi connectivity index (χ1) is 11.8. The van der Waals surface area contributed by atoms with Gasteiger partial charge in [0.05, 0.1) is 24.6 Å². The Kier molecular flexibility index (Phi) is 5.39. The molecule has 0 unspecified atom stereocenters. The van der Waals surface area contributed by atoms with E-state index in [1.807, 2.05) is 18.2 Å². The van der Waals surface area contributed by atoms with E-state index in [0.29, 0.717) is 5.75 Å². The molecule has 1 aromatic heterocycles. The van der Waals surface area contributed by atoms with E-state index in [0.717, 1.165) is 48.5 Å². The summed E-state index contributed by atoms with van der Waals surface area (Å²) in [6, 6.07) is 10.2. The van der Waals surface area contributed by atoms with Gasteiger partial charge in [-0.25, -0.2) is 9.97 Å². The molecule has 0 atom stereocenters. The summed E-state index contributed by atoms with van der Waals surface area (Å²) in [6.07, 6.45) is 3.38. The molecule has 0 bridgehead atoms. The largest absolute Gasteiger partial charge is 0.495 e. The van der Waals surface area contributed by atoms with E-state index >= 15 is 0 Å². The molecule has 0 saturated carbocycles. The van der Waals surface area contributed by atoms with Crippen LogP contribution in [0.1, 0.15) is 0 Å². The third kappa shape index (κ3) is 3.54. The summed E-state index contributed by atoms with van der Waals surface area (Å²) in [4.78, 5) is 13.4. The summed E-state index contributed by atoms with van der Waals surface area (Å²) < 4.78 is 5.46. The lowest BCUT2D eigenvalue weighted by Gasteiger charge is -2.37. The molecular weight excluding hydrogens is 322 g/mol. The van der Waals surface area contributed by atoms with Crippen molar-refractivity contribution >= 4 is 23.3 Å². The molecule has 0 N–H and O–H groups in total. The van der Waals surface area contributed by atoms with E-state index in [9.17, 15) is 0 Å². The minimum Gasteiger partial charge on any atom is -0.495 e. The zero-order valence-electron chi connectivity index (χ0n) is 13.6. The first kappa shape index (κ1) is 16.4. The number of benzene rings is 1. The summed E-state index contributed by atoms with van der Waals surface area (Å²) in [7, 11) is 1.70. The molecule has 7 heteroatoms. The summed E-state index contributed by atoms with van der Waals surface area (Å²) in [5, 5.41) is 9.61. The highest BCUT2D eigenvalue weighted by Gasteiger charge is 2.22. The second-order valence-corrected chi connectivity index (χ2v) is 6.24. The zero-order chi connectivity index (χ0) is 16.8. The van der Waals surface area contributed by atoms with Gasteiger partial charge in [0, 0.05) is 38.6 Å². The molecule has 0 amide bonds. The Morgan fingerprint density at radius 2 is 1.83 bits per heavy atom. The molecular formula is C17H19N5OS. The average Bonchev–Trinajstić information content (AvgIpc) is 2.66. The topological polar surface area (TPSA) is 65.3 Å². The van der Waals surface area contributed by atoms with Gasteiger partial charge in [-0.1, -0.05) is 23.9 Å². The number of piperazine rings is 1. The smallest absolute Gasteiger partial charge is 0.161 e. The first-order valence-corrected chi connectivity index (χ1v) is 8.75. The second kappa shape index (κ2) is 7.88. The van der Waals surface area contributed by atoms with Crippen molar-refractivity contribution in [3.8, 4) is 11.8 Å². The Balaban J connectivity index is 1.71. The van der Waals surface area contributed by atoms with Gasteiger partial charge in [-0.3, -0.25) is 0 Å². The predicted octanol–water partition coefficient (Wildman–Crippen LogP) is 2.43. The van der Waals surface area contributed by atoms with Crippen LogP contribution in [0.15, 0.2) is 41.7 Å². The molecule has 6 nitrogen and oxygen atoms in total. The molecule has 1 fully saturated rings. The van der Waals surface area contributed by atoms with E-state index < -0.39 is 0 Å². The maximum absolute atomic E-state index is 8.79. The fourth-order valence-corrected chi connectivity index (χ4v) is 3.44. The maximum atomic E-state index is 8.79. The lowest BCUT2D eigenvalue weighted by atomic mass is 10.2. The summed E-state index contributed by atoms with van der Waals surface area (Å²) in [6.45, 7) is 3.49. The molecule has 1 aromatic carbocycles. The van der Waals surface area contributed by atoms with Crippen molar-refractivity contribution in [2.45, 2.75) is 5.03 Å². The fourth-order valence-electron chi connectivity index (χ4n) is 2.79. The Hall–Kier alpha value is -2.46. The van der Waals surface area contributed by atoms with E-state index in [1.165, 1.54) is 11.8 Å². The average molecular weight is 341 g/mol. The van der Waals surface area contributed by atoms with Gasteiger partial charge in [0.2, 0.25) is 0 Å². The quantitative estimate of drug-likeness (QED) is 0.774. The molecule has 0 radical (unpaired) electrons. The Bertz CT molecular complexity index is 725. The SMILES string of the molecule is COc1ccccc1N1CCN(c2nccnc2SCC#N)CC1. The van der Waals surface area contributed by atoms with Crippen LogP contribution >= 0.6 is 11.8 Å². The van der Waals surface area contributed by atoms with Crippen molar-refractivity contribution in [3.63, 3.8) is 0 Å². The van der Waals surface area contributed by atoms with Gasteiger partial charge in [0.15, 0.2) is 5.82 Å². The molecule has 24 heavy (non-hydrogen) atoms. The normalized spacial score (nSPS) is 14.3. The molecule has 1 saturated heterocycles. The number of aromatic nitrogens is 2. The Morgan fingerprint density at radius 3 is 2.58 bits per heavy atom. The van der Waals surface area contributed by atoms with Crippen molar-refractivity contribution in [1.29, 1.82) is 5.26 Å². The van der Waals surface area contributed by atoms with Crippen molar-refractivity contribution in [2.24, 2.45) is 0 Å². The van der Waals surface area contributed by atoms with Crippen LogP contribution in [-0.2, 0) is 0 Å². The van der Waals surface area contributed by atoms with E-state index in [1.54, 1.807) is 19.5 Å². The second-order valence-electron chi connectivity index (χ2n) is 5.28. The number of anilines is 2. The number of hydrogen-bond acceptors (Lipinski definition) is 7. The molecule has 0 aliphatic carbocycles. The molecule has 2 heterocycles. The highest BCUT2D eigenvalue weighted by Crippen LogP contribution is 2.30. The molecule has 0 spiro atoms.